The Balaban J connectivity index is 2.17. The lowest BCUT2D eigenvalue weighted by Crippen LogP contribution is -2.29. The zero-order valence-corrected chi connectivity index (χ0v) is 13.6. The summed E-state index contributed by atoms with van der Waals surface area (Å²) in [5, 5.41) is 4.39. The highest BCUT2D eigenvalue weighted by Crippen LogP contribution is 2.24. The predicted octanol–water partition coefficient (Wildman–Crippen LogP) is 2.77. The smallest absolute Gasteiger partial charge is 0.0642 e. The van der Waals surface area contributed by atoms with Crippen LogP contribution >= 0.6 is 0 Å². The Morgan fingerprint density at radius 1 is 1.24 bits per heavy atom. The van der Waals surface area contributed by atoms with E-state index in [9.17, 15) is 0 Å². The number of hydrogen-bond donors (Lipinski definition) is 2. The van der Waals surface area contributed by atoms with Gasteiger partial charge in [-0.25, -0.2) is 0 Å². The molecule has 3 N–H and O–H groups in total. The Bertz CT molecular complexity index is 590. The number of benzene rings is 1. The Kier molecular flexibility index (Phi) is 4.49. The first-order chi connectivity index (χ1) is 9.81. The molecule has 0 saturated carbocycles. The second kappa shape index (κ2) is 6.00. The van der Waals surface area contributed by atoms with Crippen LogP contribution in [0.4, 0.5) is 0 Å². The van der Waals surface area contributed by atoms with Crippen LogP contribution in [0.1, 0.15) is 49.2 Å². The van der Waals surface area contributed by atoms with Crippen LogP contribution in [0.2, 0.25) is 0 Å². The highest BCUT2D eigenvalue weighted by atomic mass is 15.3. The van der Waals surface area contributed by atoms with Gasteiger partial charge in [0.15, 0.2) is 0 Å². The molecular formula is C17H26N4. The summed E-state index contributed by atoms with van der Waals surface area (Å²) in [4.78, 5) is 0. The number of aromatic nitrogens is 2. The van der Waals surface area contributed by atoms with Gasteiger partial charge in [0.1, 0.15) is 0 Å². The molecule has 0 amide bonds. The molecule has 2 rings (SSSR count). The fourth-order valence-corrected chi connectivity index (χ4v) is 2.60. The number of aryl methyl sites for hydroxylation is 2. The van der Waals surface area contributed by atoms with Gasteiger partial charge in [0, 0.05) is 18.8 Å². The molecule has 1 unspecified atom stereocenters. The standard InChI is InChI=1S/C17H26N4/c1-12-15(11-21(5)20-12)16(19-18)10-13-6-8-14(9-7-13)17(2,3)4/h6-9,11,16,19H,10,18H2,1-5H3. The number of nitrogens with zero attached hydrogens (tertiary/aromatic N) is 2. The maximum Gasteiger partial charge on any atom is 0.0642 e. The minimum atomic E-state index is 0.0826. The molecule has 114 valence electrons. The van der Waals surface area contributed by atoms with E-state index >= 15 is 0 Å². The van der Waals surface area contributed by atoms with Gasteiger partial charge >= 0.3 is 0 Å². The van der Waals surface area contributed by atoms with Crippen molar-refractivity contribution in [1.29, 1.82) is 0 Å². The van der Waals surface area contributed by atoms with Crippen molar-refractivity contribution in [1.82, 2.24) is 15.2 Å². The fraction of sp³-hybridized carbons (Fsp3) is 0.471. The first kappa shape index (κ1) is 15.7. The molecule has 0 aliphatic heterocycles. The normalized spacial score (nSPS) is 13.4. The van der Waals surface area contributed by atoms with Gasteiger partial charge in [0.05, 0.1) is 11.7 Å². The number of hydrazine groups is 1. The van der Waals surface area contributed by atoms with Gasteiger partial charge in [-0.3, -0.25) is 16.0 Å². The van der Waals surface area contributed by atoms with E-state index in [0.717, 1.165) is 17.7 Å². The van der Waals surface area contributed by atoms with Gasteiger partial charge in [-0.15, -0.1) is 0 Å². The summed E-state index contributed by atoms with van der Waals surface area (Å²) >= 11 is 0. The van der Waals surface area contributed by atoms with E-state index in [1.54, 1.807) is 0 Å². The Morgan fingerprint density at radius 2 is 1.86 bits per heavy atom. The number of hydrogen-bond acceptors (Lipinski definition) is 3. The summed E-state index contributed by atoms with van der Waals surface area (Å²) < 4.78 is 1.83. The van der Waals surface area contributed by atoms with Crippen LogP contribution in [0.15, 0.2) is 30.5 Å². The van der Waals surface area contributed by atoms with Crippen LogP contribution in [0.3, 0.4) is 0 Å². The van der Waals surface area contributed by atoms with Crippen molar-refractivity contribution in [2.45, 2.75) is 45.6 Å². The van der Waals surface area contributed by atoms with Crippen molar-refractivity contribution in [3.63, 3.8) is 0 Å². The molecule has 0 bridgehead atoms. The van der Waals surface area contributed by atoms with Gasteiger partial charge in [-0.1, -0.05) is 45.0 Å². The Morgan fingerprint density at radius 3 is 2.29 bits per heavy atom. The van der Waals surface area contributed by atoms with E-state index in [4.69, 9.17) is 5.84 Å². The quantitative estimate of drug-likeness (QED) is 0.671. The Hall–Kier alpha value is -1.65. The van der Waals surface area contributed by atoms with Crippen molar-refractivity contribution in [2.24, 2.45) is 12.9 Å². The highest BCUT2D eigenvalue weighted by Gasteiger charge is 2.17. The minimum Gasteiger partial charge on any atom is -0.275 e. The molecule has 0 radical (unpaired) electrons. The van der Waals surface area contributed by atoms with Crippen LogP contribution < -0.4 is 11.3 Å². The monoisotopic (exact) mass is 286 g/mol. The molecule has 1 aromatic heterocycles. The van der Waals surface area contributed by atoms with Crippen LogP contribution in [0.25, 0.3) is 0 Å². The maximum atomic E-state index is 5.74. The van der Waals surface area contributed by atoms with E-state index in [-0.39, 0.29) is 11.5 Å². The summed E-state index contributed by atoms with van der Waals surface area (Å²) in [6.07, 6.45) is 2.89. The predicted molar refractivity (Wildman–Crippen MR) is 86.9 cm³/mol. The van der Waals surface area contributed by atoms with Crippen LogP contribution in [-0.4, -0.2) is 9.78 Å². The largest absolute Gasteiger partial charge is 0.275 e. The Labute approximate surface area is 127 Å². The van der Waals surface area contributed by atoms with Crippen LogP contribution in [0, 0.1) is 6.92 Å². The lowest BCUT2D eigenvalue weighted by Gasteiger charge is -2.20. The molecule has 1 atom stereocenters. The highest BCUT2D eigenvalue weighted by molar-refractivity contribution is 5.30. The third-order valence-electron chi connectivity index (χ3n) is 3.89. The first-order valence-corrected chi connectivity index (χ1v) is 7.37. The molecule has 0 aliphatic rings. The molecule has 2 aromatic rings. The zero-order valence-electron chi connectivity index (χ0n) is 13.6. The van der Waals surface area contributed by atoms with Crippen molar-refractivity contribution >= 4 is 0 Å². The average molecular weight is 286 g/mol. The van der Waals surface area contributed by atoms with E-state index in [1.165, 1.54) is 11.1 Å². The average Bonchev–Trinajstić information content (AvgIpc) is 2.74. The molecule has 0 saturated heterocycles. The van der Waals surface area contributed by atoms with Gasteiger partial charge in [-0.05, 0) is 29.9 Å². The van der Waals surface area contributed by atoms with Crippen LogP contribution in [0.5, 0.6) is 0 Å². The van der Waals surface area contributed by atoms with E-state index in [1.807, 2.05) is 24.9 Å². The van der Waals surface area contributed by atoms with Crippen molar-refractivity contribution in [2.75, 3.05) is 0 Å². The fourth-order valence-electron chi connectivity index (χ4n) is 2.60. The summed E-state index contributed by atoms with van der Waals surface area (Å²) in [5.41, 5.74) is 7.89. The van der Waals surface area contributed by atoms with Crippen molar-refractivity contribution < 1.29 is 0 Å². The first-order valence-electron chi connectivity index (χ1n) is 7.37. The summed E-state index contributed by atoms with van der Waals surface area (Å²) in [7, 11) is 1.93. The number of nitrogens with two attached hydrogens (primary N) is 1. The zero-order chi connectivity index (χ0) is 15.6. The van der Waals surface area contributed by atoms with Gasteiger partial charge in [0.2, 0.25) is 0 Å². The van der Waals surface area contributed by atoms with E-state index in [2.05, 4.69) is 55.6 Å². The number of rotatable bonds is 4. The van der Waals surface area contributed by atoms with E-state index < -0.39 is 0 Å². The van der Waals surface area contributed by atoms with Crippen molar-refractivity contribution in [3.8, 4) is 0 Å². The molecular weight excluding hydrogens is 260 g/mol. The lowest BCUT2D eigenvalue weighted by atomic mass is 9.86. The van der Waals surface area contributed by atoms with Gasteiger partial charge < -0.3 is 0 Å². The van der Waals surface area contributed by atoms with Gasteiger partial charge in [0.25, 0.3) is 0 Å². The molecule has 4 heteroatoms. The molecule has 1 heterocycles. The van der Waals surface area contributed by atoms with Crippen LogP contribution in [-0.2, 0) is 18.9 Å². The molecule has 21 heavy (non-hydrogen) atoms. The number of nitrogens with one attached hydrogen (secondary N) is 1. The lowest BCUT2D eigenvalue weighted by molar-refractivity contribution is 0.548. The third-order valence-corrected chi connectivity index (χ3v) is 3.89. The molecule has 0 aliphatic carbocycles. The maximum absolute atomic E-state index is 5.74. The summed E-state index contributed by atoms with van der Waals surface area (Å²) in [5.74, 6) is 5.74. The molecule has 1 aromatic carbocycles. The minimum absolute atomic E-state index is 0.0826. The second-order valence-corrected chi connectivity index (χ2v) is 6.71. The molecule has 0 spiro atoms. The molecule has 0 fully saturated rings. The third kappa shape index (κ3) is 3.71. The van der Waals surface area contributed by atoms with Gasteiger partial charge in [-0.2, -0.15) is 5.10 Å². The summed E-state index contributed by atoms with van der Waals surface area (Å²) in [6.45, 7) is 8.70. The SMILES string of the molecule is Cc1nn(C)cc1C(Cc1ccc(C(C)(C)C)cc1)NN. The van der Waals surface area contributed by atoms with E-state index in [0.29, 0.717) is 0 Å². The second-order valence-electron chi connectivity index (χ2n) is 6.71. The summed E-state index contributed by atoms with van der Waals surface area (Å²) in [6, 6.07) is 8.88. The molecule has 4 nitrogen and oxygen atoms in total. The topological polar surface area (TPSA) is 55.9 Å². The van der Waals surface area contributed by atoms with Crippen molar-refractivity contribution in [3.05, 3.63) is 52.8 Å².